The van der Waals surface area contributed by atoms with Gasteiger partial charge in [0.05, 0.1) is 6.61 Å². The van der Waals surface area contributed by atoms with E-state index in [9.17, 15) is 19.2 Å². The average molecular weight is 243 g/mol. The molecule has 17 heavy (non-hydrogen) atoms. The van der Waals surface area contributed by atoms with Crippen molar-refractivity contribution in [2.24, 2.45) is 0 Å². The number of carbonyl (C=O) groups is 1. The highest BCUT2D eigenvalue weighted by Gasteiger charge is 2.05. The summed E-state index contributed by atoms with van der Waals surface area (Å²) in [7, 11) is 0. The quantitative estimate of drug-likeness (QED) is 0.496. The van der Waals surface area contributed by atoms with Gasteiger partial charge in [-0.15, -0.1) is 0 Å². The SMILES string of the molecule is O=C1CCCCCO1.O=c1[nH]c(=O)[nH]c(=O)[nH]1. The molecular weight excluding hydrogens is 230 g/mol. The van der Waals surface area contributed by atoms with Crippen LogP contribution in [-0.4, -0.2) is 27.5 Å². The molecule has 1 aliphatic rings. The second-order valence-electron chi connectivity index (χ2n) is 3.39. The van der Waals surface area contributed by atoms with Crippen molar-refractivity contribution in [1.82, 2.24) is 15.0 Å². The summed E-state index contributed by atoms with van der Waals surface area (Å²) in [4.78, 5) is 46.4. The maximum atomic E-state index is 10.5. The molecule has 0 atom stereocenters. The molecular formula is C9H13N3O5. The Morgan fingerprint density at radius 3 is 1.82 bits per heavy atom. The van der Waals surface area contributed by atoms with Crippen LogP contribution in [0.4, 0.5) is 0 Å². The molecule has 0 bridgehead atoms. The number of ether oxygens (including phenoxy) is 1. The Labute approximate surface area is 95.0 Å². The summed E-state index contributed by atoms with van der Waals surface area (Å²) in [5, 5.41) is 0. The van der Waals surface area contributed by atoms with Gasteiger partial charge in [-0.05, 0) is 19.3 Å². The zero-order chi connectivity index (χ0) is 12.7. The van der Waals surface area contributed by atoms with Gasteiger partial charge in [0.1, 0.15) is 0 Å². The van der Waals surface area contributed by atoms with Crippen molar-refractivity contribution in [3.63, 3.8) is 0 Å². The molecule has 8 heteroatoms. The molecule has 0 radical (unpaired) electrons. The van der Waals surface area contributed by atoms with Gasteiger partial charge in [0, 0.05) is 6.42 Å². The van der Waals surface area contributed by atoms with Crippen LogP contribution < -0.4 is 17.1 Å². The van der Waals surface area contributed by atoms with E-state index in [2.05, 4.69) is 0 Å². The summed E-state index contributed by atoms with van der Waals surface area (Å²) >= 11 is 0. The second-order valence-corrected chi connectivity index (χ2v) is 3.39. The van der Waals surface area contributed by atoms with Gasteiger partial charge in [0.2, 0.25) is 0 Å². The molecule has 0 amide bonds. The van der Waals surface area contributed by atoms with Crippen LogP contribution in [0.5, 0.6) is 0 Å². The Balaban J connectivity index is 0.000000171. The van der Waals surface area contributed by atoms with E-state index in [1.165, 1.54) is 0 Å². The molecule has 0 spiro atoms. The number of hydrogen-bond acceptors (Lipinski definition) is 5. The van der Waals surface area contributed by atoms with E-state index in [1.807, 2.05) is 0 Å². The van der Waals surface area contributed by atoms with Crippen molar-refractivity contribution < 1.29 is 9.53 Å². The van der Waals surface area contributed by atoms with E-state index in [4.69, 9.17) is 4.74 Å². The first-order chi connectivity index (χ1) is 8.08. The third-order valence-electron chi connectivity index (χ3n) is 1.97. The van der Waals surface area contributed by atoms with Crippen LogP contribution in [0.1, 0.15) is 25.7 Å². The lowest BCUT2D eigenvalue weighted by Gasteiger charge is -1.93. The highest BCUT2D eigenvalue weighted by molar-refractivity contribution is 5.69. The number of cyclic esters (lactones) is 1. The highest BCUT2D eigenvalue weighted by atomic mass is 16.5. The number of aromatic nitrogens is 3. The summed E-state index contributed by atoms with van der Waals surface area (Å²) in [5.41, 5.74) is -2.41. The van der Waals surface area contributed by atoms with Crippen LogP contribution >= 0.6 is 0 Å². The first-order valence-electron chi connectivity index (χ1n) is 5.16. The molecule has 0 unspecified atom stereocenters. The number of H-pyrrole nitrogens is 3. The van der Waals surface area contributed by atoms with E-state index in [-0.39, 0.29) is 5.97 Å². The van der Waals surface area contributed by atoms with Gasteiger partial charge in [0.25, 0.3) is 0 Å². The number of nitrogens with one attached hydrogen (secondary N) is 3. The largest absolute Gasteiger partial charge is 0.466 e. The molecule has 1 saturated heterocycles. The second kappa shape index (κ2) is 6.46. The number of carbonyl (C=O) groups excluding carboxylic acids is 1. The first kappa shape index (κ1) is 12.9. The van der Waals surface area contributed by atoms with Crippen LogP contribution in [-0.2, 0) is 9.53 Å². The molecule has 1 aromatic rings. The summed E-state index contributed by atoms with van der Waals surface area (Å²) in [6.07, 6.45) is 3.83. The predicted molar refractivity (Wildman–Crippen MR) is 57.7 cm³/mol. The van der Waals surface area contributed by atoms with Crippen molar-refractivity contribution in [3.05, 3.63) is 31.5 Å². The average Bonchev–Trinajstić information content (AvgIpc) is 2.44. The Bertz CT molecular complexity index is 438. The number of rotatable bonds is 0. The van der Waals surface area contributed by atoms with E-state index in [1.54, 1.807) is 15.0 Å². The van der Waals surface area contributed by atoms with Crippen molar-refractivity contribution >= 4 is 5.97 Å². The van der Waals surface area contributed by atoms with Gasteiger partial charge >= 0.3 is 23.0 Å². The Morgan fingerprint density at radius 2 is 1.29 bits per heavy atom. The van der Waals surface area contributed by atoms with Crippen molar-refractivity contribution in [2.75, 3.05) is 6.61 Å². The maximum Gasteiger partial charge on any atom is 0.330 e. The fourth-order valence-corrected chi connectivity index (χ4v) is 1.21. The summed E-state index contributed by atoms with van der Waals surface area (Å²) in [5.74, 6) is -0.0255. The molecule has 2 rings (SSSR count). The number of esters is 1. The monoisotopic (exact) mass is 243 g/mol. The van der Waals surface area contributed by atoms with Gasteiger partial charge < -0.3 is 4.74 Å². The molecule has 8 nitrogen and oxygen atoms in total. The van der Waals surface area contributed by atoms with Gasteiger partial charge in [-0.3, -0.25) is 19.7 Å². The Morgan fingerprint density at radius 1 is 0.765 bits per heavy atom. The lowest BCUT2D eigenvalue weighted by atomic mass is 10.2. The summed E-state index contributed by atoms with van der Waals surface area (Å²) in [6.45, 7) is 0.638. The van der Waals surface area contributed by atoms with Gasteiger partial charge in [-0.2, -0.15) is 0 Å². The third kappa shape index (κ3) is 5.50. The molecule has 0 saturated carbocycles. The predicted octanol–water partition coefficient (Wildman–Crippen LogP) is -1.14. The van der Waals surface area contributed by atoms with E-state index < -0.39 is 17.1 Å². The van der Waals surface area contributed by atoms with Crippen molar-refractivity contribution in [1.29, 1.82) is 0 Å². The van der Waals surface area contributed by atoms with Crippen LogP contribution in [0.3, 0.4) is 0 Å². The Hall–Kier alpha value is -2.12. The molecule has 94 valence electrons. The van der Waals surface area contributed by atoms with E-state index >= 15 is 0 Å². The third-order valence-corrected chi connectivity index (χ3v) is 1.97. The van der Waals surface area contributed by atoms with Crippen LogP contribution in [0.15, 0.2) is 14.4 Å². The van der Waals surface area contributed by atoms with Crippen LogP contribution in [0.2, 0.25) is 0 Å². The smallest absolute Gasteiger partial charge is 0.330 e. The fraction of sp³-hybridized carbons (Fsp3) is 0.556. The lowest BCUT2D eigenvalue weighted by Crippen LogP contribution is -2.34. The highest BCUT2D eigenvalue weighted by Crippen LogP contribution is 2.06. The zero-order valence-corrected chi connectivity index (χ0v) is 9.08. The van der Waals surface area contributed by atoms with Crippen molar-refractivity contribution in [2.45, 2.75) is 25.7 Å². The normalized spacial score (nSPS) is 15.2. The van der Waals surface area contributed by atoms with Crippen molar-refractivity contribution in [3.8, 4) is 0 Å². The van der Waals surface area contributed by atoms with Gasteiger partial charge in [0.15, 0.2) is 0 Å². The lowest BCUT2D eigenvalue weighted by molar-refractivity contribution is -0.142. The fourth-order valence-electron chi connectivity index (χ4n) is 1.21. The molecule has 2 heterocycles. The maximum absolute atomic E-state index is 10.5. The summed E-state index contributed by atoms with van der Waals surface area (Å²) < 4.78 is 4.76. The minimum atomic E-state index is -0.802. The number of aromatic amines is 3. The minimum Gasteiger partial charge on any atom is -0.466 e. The molecule has 1 fully saturated rings. The van der Waals surface area contributed by atoms with E-state index in [0.717, 1.165) is 19.3 Å². The topological polar surface area (TPSA) is 125 Å². The molecule has 0 aliphatic carbocycles. The number of hydrogen-bond donors (Lipinski definition) is 3. The Kier molecular flexibility index (Phi) is 4.92. The molecule has 1 aliphatic heterocycles. The molecule has 1 aromatic heterocycles. The minimum absolute atomic E-state index is 0.0255. The molecule has 0 aromatic carbocycles. The summed E-state index contributed by atoms with van der Waals surface area (Å²) in [6, 6.07) is 0. The van der Waals surface area contributed by atoms with Gasteiger partial charge in [-0.25, -0.2) is 14.4 Å². The van der Waals surface area contributed by atoms with Gasteiger partial charge in [-0.1, -0.05) is 0 Å². The molecule has 3 N–H and O–H groups in total. The van der Waals surface area contributed by atoms with Crippen LogP contribution in [0.25, 0.3) is 0 Å². The first-order valence-corrected chi connectivity index (χ1v) is 5.16. The van der Waals surface area contributed by atoms with Crippen LogP contribution in [0, 0.1) is 0 Å². The zero-order valence-electron chi connectivity index (χ0n) is 9.08. The van der Waals surface area contributed by atoms with E-state index in [0.29, 0.717) is 13.0 Å². The standard InChI is InChI=1S/C6H10O2.C3H3N3O3/c7-6-4-2-1-3-5-8-6;7-1-4-2(8)6-3(9)5-1/h1-5H2;(H3,4,5,6,7,8,9).